The lowest BCUT2D eigenvalue weighted by Crippen LogP contribution is -2.36. The van der Waals surface area contributed by atoms with Crippen molar-refractivity contribution in [3.05, 3.63) is 18.7 Å². The Balaban J connectivity index is 2.22. The van der Waals surface area contributed by atoms with Gasteiger partial charge in [-0.3, -0.25) is 4.57 Å². The average molecular weight is 224 g/mol. The van der Waals surface area contributed by atoms with Crippen LogP contribution in [0.2, 0.25) is 0 Å². The van der Waals surface area contributed by atoms with Crippen molar-refractivity contribution < 1.29 is 4.79 Å². The summed E-state index contributed by atoms with van der Waals surface area (Å²) >= 11 is 0. The van der Waals surface area contributed by atoms with Gasteiger partial charge in [-0.05, 0) is 19.5 Å². The van der Waals surface area contributed by atoms with E-state index in [1.807, 2.05) is 0 Å². The highest BCUT2D eigenvalue weighted by Crippen LogP contribution is 1.90. The molecule has 1 heterocycles. The highest BCUT2D eigenvalue weighted by Gasteiger charge is 2.04. The fraction of sp³-hybridized carbons (Fsp3) is 0.636. The van der Waals surface area contributed by atoms with Crippen molar-refractivity contribution in [3.63, 3.8) is 0 Å². The van der Waals surface area contributed by atoms with Gasteiger partial charge >= 0.3 is 6.03 Å². The lowest BCUT2D eigenvalue weighted by molar-refractivity contribution is 0.237. The molecule has 0 aromatic carbocycles. The molecule has 90 valence electrons. The second kappa shape index (κ2) is 7.00. The first-order valence-corrected chi connectivity index (χ1v) is 5.76. The molecular formula is C11H20N4O. The van der Waals surface area contributed by atoms with Crippen LogP contribution in [0.25, 0.3) is 0 Å². The minimum absolute atomic E-state index is 0.120. The topological polar surface area (TPSA) is 50.2 Å². The van der Waals surface area contributed by atoms with E-state index in [2.05, 4.69) is 29.0 Å². The highest BCUT2D eigenvalue weighted by molar-refractivity contribution is 5.76. The maximum Gasteiger partial charge on any atom is 0.326 e. The van der Waals surface area contributed by atoms with E-state index in [1.165, 1.54) is 10.9 Å². The Bertz CT molecular complexity index is 297. The second-order valence-corrected chi connectivity index (χ2v) is 3.64. The van der Waals surface area contributed by atoms with Crippen molar-refractivity contribution in [2.24, 2.45) is 0 Å². The van der Waals surface area contributed by atoms with Gasteiger partial charge in [-0.15, -0.1) is 0 Å². The molecule has 5 heteroatoms. The molecule has 1 rings (SSSR count). The number of hydrogen-bond acceptors (Lipinski definition) is 3. The third-order valence-corrected chi connectivity index (χ3v) is 2.43. The molecule has 0 saturated carbocycles. The number of rotatable bonds is 6. The number of carbonyl (C=O) groups is 1. The monoisotopic (exact) mass is 224 g/mol. The average Bonchev–Trinajstić information content (AvgIpc) is 2.81. The zero-order valence-corrected chi connectivity index (χ0v) is 10.0. The molecule has 0 radical (unpaired) electrons. The van der Waals surface area contributed by atoms with Crippen molar-refractivity contribution in [3.8, 4) is 0 Å². The van der Waals surface area contributed by atoms with E-state index in [-0.39, 0.29) is 6.03 Å². The molecule has 0 aliphatic carbocycles. The van der Waals surface area contributed by atoms with E-state index in [4.69, 9.17) is 0 Å². The summed E-state index contributed by atoms with van der Waals surface area (Å²) in [6.45, 7) is 7.96. The molecule has 0 saturated heterocycles. The molecule has 0 spiro atoms. The first kappa shape index (κ1) is 12.7. The number of aromatic nitrogens is 2. The van der Waals surface area contributed by atoms with Crippen LogP contribution < -0.4 is 5.32 Å². The summed E-state index contributed by atoms with van der Waals surface area (Å²) in [7, 11) is 0. The van der Waals surface area contributed by atoms with Crippen molar-refractivity contribution in [1.29, 1.82) is 0 Å². The standard InChI is InChI=1S/C11H20N4O/c1-3-7-14(4-2)8-6-13-11(16)15-9-5-12-10-15/h5,9-10H,3-4,6-8H2,1-2H3,(H,13,16). The predicted octanol–water partition coefficient (Wildman–Crippen LogP) is 1.17. The summed E-state index contributed by atoms with van der Waals surface area (Å²) in [6, 6.07) is -0.120. The molecule has 16 heavy (non-hydrogen) atoms. The van der Waals surface area contributed by atoms with E-state index >= 15 is 0 Å². The zero-order valence-electron chi connectivity index (χ0n) is 10.0. The van der Waals surface area contributed by atoms with Gasteiger partial charge in [0, 0.05) is 25.5 Å². The second-order valence-electron chi connectivity index (χ2n) is 3.64. The van der Waals surface area contributed by atoms with Gasteiger partial charge in [-0.25, -0.2) is 9.78 Å². The number of amides is 1. The normalized spacial score (nSPS) is 10.7. The first-order valence-electron chi connectivity index (χ1n) is 5.76. The van der Waals surface area contributed by atoms with Crippen LogP contribution in [0.1, 0.15) is 20.3 Å². The molecule has 0 fully saturated rings. The largest absolute Gasteiger partial charge is 0.336 e. The molecule has 1 aromatic rings. The Morgan fingerprint density at radius 1 is 1.44 bits per heavy atom. The van der Waals surface area contributed by atoms with E-state index in [0.29, 0.717) is 6.54 Å². The van der Waals surface area contributed by atoms with E-state index < -0.39 is 0 Å². The molecule has 0 unspecified atom stereocenters. The lowest BCUT2D eigenvalue weighted by Gasteiger charge is -2.19. The molecule has 0 bridgehead atoms. The van der Waals surface area contributed by atoms with Crippen molar-refractivity contribution in [1.82, 2.24) is 19.8 Å². The van der Waals surface area contributed by atoms with Crippen molar-refractivity contribution in [2.75, 3.05) is 26.2 Å². The number of likely N-dealkylation sites (N-methyl/N-ethyl adjacent to an activating group) is 1. The zero-order chi connectivity index (χ0) is 11.8. The van der Waals surface area contributed by atoms with Crippen molar-refractivity contribution >= 4 is 6.03 Å². The van der Waals surface area contributed by atoms with Crippen molar-refractivity contribution in [2.45, 2.75) is 20.3 Å². The van der Waals surface area contributed by atoms with Gasteiger partial charge in [0.1, 0.15) is 6.33 Å². The van der Waals surface area contributed by atoms with Crippen LogP contribution in [-0.4, -0.2) is 46.7 Å². The Kier molecular flexibility index (Phi) is 5.56. The fourth-order valence-corrected chi connectivity index (χ4v) is 1.54. The van der Waals surface area contributed by atoms with Crippen LogP contribution in [-0.2, 0) is 0 Å². The van der Waals surface area contributed by atoms with Gasteiger partial charge in [0.2, 0.25) is 0 Å². The van der Waals surface area contributed by atoms with E-state index in [1.54, 1.807) is 12.4 Å². The van der Waals surface area contributed by atoms with Crippen LogP contribution in [0.4, 0.5) is 4.79 Å². The summed E-state index contributed by atoms with van der Waals surface area (Å²) in [5, 5.41) is 2.85. The van der Waals surface area contributed by atoms with E-state index in [9.17, 15) is 4.79 Å². The van der Waals surface area contributed by atoms with Crippen LogP contribution in [0, 0.1) is 0 Å². The van der Waals surface area contributed by atoms with Gasteiger partial charge in [-0.1, -0.05) is 13.8 Å². The van der Waals surface area contributed by atoms with Crippen LogP contribution >= 0.6 is 0 Å². The van der Waals surface area contributed by atoms with E-state index in [0.717, 1.165) is 26.1 Å². The molecule has 1 amide bonds. The molecule has 0 aliphatic heterocycles. The Morgan fingerprint density at radius 2 is 2.25 bits per heavy atom. The number of nitrogens with one attached hydrogen (secondary N) is 1. The van der Waals surface area contributed by atoms with Gasteiger partial charge in [0.25, 0.3) is 0 Å². The number of carbonyl (C=O) groups excluding carboxylic acids is 1. The fourth-order valence-electron chi connectivity index (χ4n) is 1.54. The Hall–Kier alpha value is -1.36. The quantitative estimate of drug-likeness (QED) is 0.789. The summed E-state index contributed by atoms with van der Waals surface area (Å²) in [6.07, 6.45) is 5.87. The molecule has 0 aliphatic rings. The molecule has 5 nitrogen and oxygen atoms in total. The smallest absolute Gasteiger partial charge is 0.326 e. The Labute approximate surface area is 96.5 Å². The minimum Gasteiger partial charge on any atom is -0.336 e. The van der Waals surface area contributed by atoms with Gasteiger partial charge in [0.05, 0.1) is 0 Å². The first-order chi connectivity index (χ1) is 7.77. The number of nitrogens with zero attached hydrogens (tertiary/aromatic N) is 3. The summed E-state index contributed by atoms with van der Waals surface area (Å²) in [5.74, 6) is 0. The molecule has 1 N–H and O–H groups in total. The Morgan fingerprint density at radius 3 is 2.81 bits per heavy atom. The SMILES string of the molecule is CCCN(CC)CCNC(=O)n1ccnc1. The summed E-state index contributed by atoms with van der Waals surface area (Å²) in [4.78, 5) is 17.7. The maximum atomic E-state index is 11.5. The van der Waals surface area contributed by atoms with Crippen LogP contribution in [0.15, 0.2) is 18.7 Å². The lowest BCUT2D eigenvalue weighted by atomic mass is 10.4. The van der Waals surface area contributed by atoms with Gasteiger partial charge in [-0.2, -0.15) is 0 Å². The predicted molar refractivity (Wildman–Crippen MR) is 63.4 cm³/mol. The third-order valence-electron chi connectivity index (χ3n) is 2.43. The van der Waals surface area contributed by atoms with Crippen LogP contribution in [0.3, 0.4) is 0 Å². The maximum absolute atomic E-state index is 11.5. The van der Waals surface area contributed by atoms with Gasteiger partial charge in [0.15, 0.2) is 0 Å². The number of hydrogen-bond donors (Lipinski definition) is 1. The summed E-state index contributed by atoms with van der Waals surface area (Å²) < 4.78 is 1.44. The van der Waals surface area contributed by atoms with Crippen LogP contribution in [0.5, 0.6) is 0 Å². The number of imidazole rings is 1. The summed E-state index contributed by atoms with van der Waals surface area (Å²) in [5.41, 5.74) is 0. The van der Waals surface area contributed by atoms with Gasteiger partial charge < -0.3 is 10.2 Å². The minimum atomic E-state index is -0.120. The molecule has 0 atom stereocenters. The third kappa shape index (κ3) is 4.02. The highest BCUT2D eigenvalue weighted by atomic mass is 16.2. The molecular weight excluding hydrogens is 204 g/mol. The molecule has 1 aromatic heterocycles.